The van der Waals surface area contributed by atoms with Crippen molar-refractivity contribution < 1.29 is 4.79 Å². The first-order valence-electron chi connectivity index (χ1n) is 5.12. The Balaban J connectivity index is 2.54. The Morgan fingerprint density at radius 3 is 2.60 bits per heavy atom. The maximum Gasteiger partial charge on any atom is 0.271 e. The molecule has 0 saturated carbocycles. The Hall–Kier alpha value is -1.64. The largest absolute Gasteiger partial charge is 0.271 e. The molecule has 0 aliphatic rings. The van der Waals surface area contributed by atoms with Gasteiger partial charge in [0.15, 0.2) is 0 Å². The molecule has 3 nitrogen and oxygen atoms in total. The third kappa shape index (κ3) is 3.94. The van der Waals surface area contributed by atoms with Gasteiger partial charge >= 0.3 is 0 Å². The van der Waals surface area contributed by atoms with E-state index in [0.717, 1.165) is 18.6 Å². The molecule has 1 rings (SSSR count). The highest BCUT2D eigenvalue weighted by atomic mass is 16.2. The summed E-state index contributed by atoms with van der Waals surface area (Å²) in [6, 6.07) is 9.07. The Labute approximate surface area is 90.2 Å². The maximum absolute atomic E-state index is 11.5. The lowest BCUT2D eigenvalue weighted by molar-refractivity contribution is 0.0954. The monoisotopic (exact) mass is 204 g/mol. The molecule has 0 fully saturated rings. The van der Waals surface area contributed by atoms with Gasteiger partial charge < -0.3 is 0 Å². The number of nitrogens with zero attached hydrogens (tertiary/aromatic N) is 1. The van der Waals surface area contributed by atoms with E-state index >= 15 is 0 Å². The van der Waals surface area contributed by atoms with Crippen molar-refractivity contribution in [2.75, 3.05) is 0 Å². The van der Waals surface area contributed by atoms with Crippen LogP contribution in [0.25, 0.3) is 0 Å². The molecule has 1 amide bonds. The predicted molar refractivity (Wildman–Crippen MR) is 61.9 cm³/mol. The highest BCUT2D eigenvalue weighted by molar-refractivity contribution is 5.95. The van der Waals surface area contributed by atoms with Crippen LogP contribution < -0.4 is 5.43 Å². The SMILES string of the molecule is CCC/C(C)=N/NC(=O)c1ccccc1. The Morgan fingerprint density at radius 2 is 2.00 bits per heavy atom. The van der Waals surface area contributed by atoms with Gasteiger partial charge in [0.05, 0.1) is 0 Å². The van der Waals surface area contributed by atoms with Crippen LogP contribution >= 0.6 is 0 Å². The van der Waals surface area contributed by atoms with E-state index < -0.39 is 0 Å². The summed E-state index contributed by atoms with van der Waals surface area (Å²) in [6.07, 6.45) is 1.95. The molecule has 0 saturated heterocycles. The number of nitrogens with one attached hydrogen (secondary N) is 1. The summed E-state index contributed by atoms with van der Waals surface area (Å²) in [7, 11) is 0. The molecule has 0 aliphatic heterocycles. The predicted octanol–water partition coefficient (Wildman–Crippen LogP) is 2.59. The van der Waals surface area contributed by atoms with E-state index in [9.17, 15) is 4.79 Å². The lowest BCUT2D eigenvalue weighted by Gasteiger charge is -2.01. The molecule has 0 aliphatic carbocycles. The molecule has 1 aromatic carbocycles. The lowest BCUT2D eigenvalue weighted by atomic mass is 10.2. The van der Waals surface area contributed by atoms with Crippen molar-refractivity contribution in [2.45, 2.75) is 26.7 Å². The van der Waals surface area contributed by atoms with E-state index in [0.29, 0.717) is 5.56 Å². The number of hydrogen-bond donors (Lipinski definition) is 1. The molecule has 0 radical (unpaired) electrons. The number of hydrogen-bond acceptors (Lipinski definition) is 2. The number of amides is 1. The van der Waals surface area contributed by atoms with Gasteiger partial charge in [-0.2, -0.15) is 5.10 Å². The zero-order valence-electron chi connectivity index (χ0n) is 9.16. The van der Waals surface area contributed by atoms with Crippen LogP contribution in [0.2, 0.25) is 0 Å². The van der Waals surface area contributed by atoms with Crippen LogP contribution in [0.3, 0.4) is 0 Å². The van der Waals surface area contributed by atoms with Crippen LogP contribution in [0.1, 0.15) is 37.0 Å². The molecule has 0 aromatic heterocycles. The molecule has 0 heterocycles. The summed E-state index contributed by atoms with van der Waals surface area (Å²) in [5.74, 6) is -0.161. The molecule has 1 N–H and O–H groups in total. The molecule has 3 heteroatoms. The molecule has 0 bridgehead atoms. The highest BCUT2D eigenvalue weighted by Gasteiger charge is 2.01. The van der Waals surface area contributed by atoms with Crippen molar-refractivity contribution >= 4 is 11.6 Å². The molecule has 15 heavy (non-hydrogen) atoms. The maximum atomic E-state index is 11.5. The third-order valence-electron chi connectivity index (χ3n) is 2.00. The zero-order chi connectivity index (χ0) is 11.1. The van der Waals surface area contributed by atoms with Gasteiger partial charge in [0, 0.05) is 11.3 Å². The van der Waals surface area contributed by atoms with Gasteiger partial charge in [0.25, 0.3) is 5.91 Å². The van der Waals surface area contributed by atoms with Crippen molar-refractivity contribution in [3.8, 4) is 0 Å². The average molecular weight is 204 g/mol. The summed E-state index contributed by atoms with van der Waals surface area (Å²) in [6.45, 7) is 3.99. The van der Waals surface area contributed by atoms with E-state index in [2.05, 4.69) is 17.5 Å². The molecular weight excluding hydrogens is 188 g/mol. The molecule has 1 aromatic rings. The summed E-state index contributed by atoms with van der Waals surface area (Å²) in [5.41, 5.74) is 4.11. The number of benzene rings is 1. The number of carbonyl (C=O) groups excluding carboxylic acids is 1. The van der Waals surface area contributed by atoms with Crippen molar-refractivity contribution in [3.05, 3.63) is 35.9 Å². The van der Waals surface area contributed by atoms with Crippen LogP contribution in [-0.2, 0) is 0 Å². The van der Waals surface area contributed by atoms with Crippen LogP contribution in [0, 0.1) is 0 Å². The third-order valence-corrected chi connectivity index (χ3v) is 2.00. The fraction of sp³-hybridized carbons (Fsp3) is 0.333. The van der Waals surface area contributed by atoms with E-state index in [-0.39, 0.29) is 5.91 Å². The van der Waals surface area contributed by atoms with Crippen LogP contribution in [0.15, 0.2) is 35.4 Å². The second kappa shape index (κ2) is 5.96. The minimum atomic E-state index is -0.161. The number of carbonyl (C=O) groups is 1. The topological polar surface area (TPSA) is 41.5 Å². The van der Waals surface area contributed by atoms with Crippen LogP contribution in [-0.4, -0.2) is 11.6 Å². The minimum Gasteiger partial charge on any atom is -0.267 e. The van der Waals surface area contributed by atoms with Crippen molar-refractivity contribution in [2.24, 2.45) is 5.10 Å². The molecule has 0 atom stereocenters. The Kier molecular flexibility index (Phi) is 4.54. The second-order valence-electron chi connectivity index (χ2n) is 3.40. The van der Waals surface area contributed by atoms with Gasteiger partial charge in [0.1, 0.15) is 0 Å². The van der Waals surface area contributed by atoms with Gasteiger partial charge in [-0.15, -0.1) is 0 Å². The van der Waals surface area contributed by atoms with E-state index in [1.807, 2.05) is 25.1 Å². The van der Waals surface area contributed by atoms with Gasteiger partial charge in [-0.1, -0.05) is 31.5 Å². The smallest absolute Gasteiger partial charge is 0.267 e. The molecule has 0 spiro atoms. The van der Waals surface area contributed by atoms with Crippen LogP contribution in [0.4, 0.5) is 0 Å². The van der Waals surface area contributed by atoms with E-state index in [4.69, 9.17) is 0 Å². The summed E-state index contributed by atoms with van der Waals surface area (Å²) in [4.78, 5) is 11.5. The number of hydrazone groups is 1. The second-order valence-corrected chi connectivity index (χ2v) is 3.40. The normalized spacial score (nSPS) is 11.2. The average Bonchev–Trinajstić information content (AvgIpc) is 2.27. The standard InChI is InChI=1S/C12H16N2O/c1-3-7-10(2)13-14-12(15)11-8-5-4-6-9-11/h4-6,8-9H,3,7H2,1-2H3,(H,14,15)/b13-10+. The minimum absolute atomic E-state index is 0.161. The summed E-state index contributed by atoms with van der Waals surface area (Å²) in [5, 5.41) is 4.01. The van der Waals surface area contributed by atoms with Crippen molar-refractivity contribution in [1.29, 1.82) is 0 Å². The quantitative estimate of drug-likeness (QED) is 0.594. The Bertz CT molecular complexity index is 344. The first kappa shape index (κ1) is 11.4. The molecule has 80 valence electrons. The zero-order valence-corrected chi connectivity index (χ0v) is 9.16. The van der Waals surface area contributed by atoms with E-state index in [1.54, 1.807) is 12.1 Å². The fourth-order valence-corrected chi connectivity index (χ4v) is 1.22. The molecular formula is C12H16N2O. The summed E-state index contributed by atoms with van der Waals surface area (Å²) >= 11 is 0. The van der Waals surface area contributed by atoms with Gasteiger partial charge in [-0.25, -0.2) is 5.43 Å². The lowest BCUT2D eigenvalue weighted by Crippen LogP contribution is -2.18. The van der Waals surface area contributed by atoms with Crippen LogP contribution in [0.5, 0.6) is 0 Å². The molecule has 0 unspecified atom stereocenters. The fourth-order valence-electron chi connectivity index (χ4n) is 1.22. The van der Waals surface area contributed by atoms with Gasteiger partial charge in [-0.05, 0) is 25.5 Å². The number of rotatable bonds is 4. The highest BCUT2D eigenvalue weighted by Crippen LogP contribution is 1.98. The first-order valence-corrected chi connectivity index (χ1v) is 5.12. The first-order chi connectivity index (χ1) is 7.24. The Morgan fingerprint density at radius 1 is 1.33 bits per heavy atom. The van der Waals surface area contributed by atoms with Gasteiger partial charge in [0.2, 0.25) is 0 Å². The van der Waals surface area contributed by atoms with Crippen molar-refractivity contribution in [1.82, 2.24) is 5.43 Å². The van der Waals surface area contributed by atoms with E-state index in [1.165, 1.54) is 0 Å². The van der Waals surface area contributed by atoms with Gasteiger partial charge in [-0.3, -0.25) is 4.79 Å². The summed E-state index contributed by atoms with van der Waals surface area (Å²) < 4.78 is 0. The van der Waals surface area contributed by atoms with Crippen molar-refractivity contribution in [3.63, 3.8) is 0 Å².